The molecule has 2 fully saturated rings. The quantitative estimate of drug-likeness (QED) is 0.622. The summed E-state index contributed by atoms with van der Waals surface area (Å²) < 4.78 is 19.7. The lowest BCUT2D eigenvalue weighted by atomic mass is 9.78. The van der Waals surface area contributed by atoms with Gasteiger partial charge in [0.25, 0.3) is 0 Å². The number of halogens is 1. The van der Waals surface area contributed by atoms with E-state index >= 15 is 0 Å². The molecular formula is C25H23FN4O3. The zero-order valence-corrected chi connectivity index (χ0v) is 17.9. The van der Waals surface area contributed by atoms with Crippen LogP contribution in [0.15, 0.2) is 67.0 Å². The molecule has 3 aromatic rings. The van der Waals surface area contributed by atoms with Gasteiger partial charge in [0, 0.05) is 17.2 Å². The highest BCUT2D eigenvalue weighted by atomic mass is 19.1. The van der Waals surface area contributed by atoms with Crippen LogP contribution in [0.4, 0.5) is 20.7 Å². The summed E-state index contributed by atoms with van der Waals surface area (Å²) in [5.41, 5.74) is 1.02. The first-order valence-corrected chi connectivity index (χ1v) is 11.0. The maximum atomic E-state index is 13.9. The maximum absolute atomic E-state index is 13.9. The van der Waals surface area contributed by atoms with Crippen molar-refractivity contribution in [3.8, 4) is 11.3 Å². The third kappa shape index (κ3) is 4.28. The third-order valence-electron chi connectivity index (χ3n) is 6.36. The van der Waals surface area contributed by atoms with Crippen LogP contribution in [0.2, 0.25) is 0 Å². The lowest BCUT2D eigenvalue weighted by Crippen LogP contribution is -2.41. The second-order valence-corrected chi connectivity index (χ2v) is 8.50. The smallest absolute Gasteiger partial charge is 0.415 e. The second kappa shape index (κ2) is 8.61. The molecule has 1 aliphatic carbocycles. The molecule has 2 heterocycles. The van der Waals surface area contributed by atoms with Gasteiger partial charge in [0.1, 0.15) is 11.4 Å². The van der Waals surface area contributed by atoms with Gasteiger partial charge in [-0.15, -0.1) is 0 Å². The Labute approximate surface area is 190 Å². The van der Waals surface area contributed by atoms with E-state index in [0.29, 0.717) is 49.3 Å². The number of anilines is 2. The van der Waals surface area contributed by atoms with Crippen LogP contribution in [0.25, 0.3) is 11.3 Å². The molecule has 1 spiro atoms. The SMILES string of the molecule is O=C(Nc1cnc(-c2ccccc2F)cn1)C1CCC2(CC1)CN(c1ccccc1)C(=O)O2. The van der Waals surface area contributed by atoms with Crippen LogP contribution >= 0.6 is 0 Å². The minimum atomic E-state index is -0.551. The van der Waals surface area contributed by atoms with Gasteiger partial charge in [0.05, 0.1) is 24.6 Å². The Morgan fingerprint density at radius 1 is 1.03 bits per heavy atom. The zero-order chi connectivity index (χ0) is 22.8. The zero-order valence-electron chi connectivity index (χ0n) is 17.9. The first kappa shape index (κ1) is 21.1. The van der Waals surface area contributed by atoms with Crippen LogP contribution in [-0.2, 0) is 9.53 Å². The first-order valence-electron chi connectivity index (χ1n) is 11.0. The molecule has 1 saturated heterocycles. The summed E-state index contributed by atoms with van der Waals surface area (Å²) in [4.78, 5) is 35.3. The molecule has 33 heavy (non-hydrogen) atoms. The van der Waals surface area contributed by atoms with Gasteiger partial charge in [0.2, 0.25) is 5.91 Å². The molecule has 8 heteroatoms. The van der Waals surface area contributed by atoms with Crippen molar-refractivity contribution < 1.29 is 18.7 Å². The van der Waals surface area contributed by atoms with Gasteiger partial charge in [-0.3, -0.25) is 14.7 Å². The highest BCUT2D eigenvalue weighted by Crippen LogP contribution is 2.41. The molecule has 1 aromatic heterocycles. The average Bonchev–Trinajstić information content (AvgIpc) is 3.16. The highest BCUT2D eigenvalue weighted by Gasteiger charge is 2.48. The molecule has 2 aromatic carbocycles. The van der Waals surface area contributed by atoms with Gasteiger partial charge in [-0.2, -0.15) is 0 Å². The molecule has 1 aliphatic heterocycles. The van der Waals surface area contributed by atoms with E-state index in [4.69, 9.17) is 4.74 Å². The number of nitrogens with zero attached hydrogens (tertiary/aromatic N) is 3. The molecule has 0 atom stereocenters. The Balaban J connectivity index is 1.18. The van der Waals surface area contributed by atoms with E-state index in [-0.39, 0.29) is 23.7 Å². The molecule has 0 unspecified atom stereocenters. The van der Waals surface area contributed by atoms with Crippen molar-refractivity contribution in [2.45, 2.75) is 31.3 Å². The van der Waals surface area contributed by atoms with Crippen LogP contribution in [-0.4, -0.2) is 34.1 Å². The summed E-state index contributed by atoms with van der Waals surface area (Å²) in [5.74, 6) is -0.392. The first-order chi connectivity index (χ1) is 16.0. The minimum absolute atomic E-state index is 0.137. The van der Waals surface area contributed by atoms with E-state index in [1.165, 1.54) is 18.5 Å². The van der Waals surface area contributed by atoms with Crippen LogP contribution in [0.3, 0.4) is 0 Å². The number of carbonyl (C=O) groups excluding carboxylic acids is 2. The summed E-state index contributed by atoms with van der Waals surface area (Å²) in [6.07, 6.45) is 5.01. The molecule has 168 valence electrons. The Morgan fingerprint density at radius 3 is 2.45 bits per heavy atom. The van der Waals surface area contributed by atoms with Gasteiger partial charge in [-0.1, -0.05) is 30.3 Å². The van der Waals surface area contributed by atoms with E-state index in [0.717, 1.165) is 5.69 Å². The number of nitrogens with one attached hydrogen (secondary N) is 1. The van der Waals surface area contributed by atoms with E-state index in [9.17, 15) is 14.0 Å². The summed E-state index contributed by atoms with van der Waals surface area (Å²) in [5, 5.41) is 2.80. The fourth-order valence-corrected chi connectivity index (χ4v) is 4.53. The number of ether oxygens (including phenoxy) is 1. The van der Waals surface area contributed by atoms with Crippen molar-refractivity contribution in [2.75, 3.05) is 16.8 Å². The molecule has 0 radical (unpaired) electrons. The number of aromatic nitrogens is 2. The number of carbonyl (C=O) groups is 2. The van der Waals surface area contributed by atoms with E-state index in [2.05, 4.69) is 15.3 Å². The van der Waals surface area contributed by atoms with Gasteiger partial charge in [-0.05, 0) is 49.9 Å². The molecule has 0 bridgehead atoms. The van der Waals surface area contributed by atoms with E-state index in [1.54, 1.807) is 23.1 Å². The minimum Gasteiger partial charge on any atom is -0.441 e. The lowest BCUT2D eigenvalue weighted by molar-refractivity contribution is -0.122. The van der Waals surface area contributed by atoms with E-state index in [1.807, 2.05) is 30.3 Å². The van der Waals surface area contributed by atoms with Gasteiger partial charge < -0.3 is 10.1 Å². The summed E-state index contributed by atoms with van der Waals surface area (Å²) in [6.45, 7) is 0.493. The lowest BCUT2D eigenvalue weighted by Gasteiger charge is -2.34. The highest BCUT2D eigenvalue weighted by molar-refractivity contribution is 5.92. The summed E-state index contributed by atoms with van der Waals surface area (Å²) >= 11 is 0. The number of rotatable bonds is 4. The number of hydrogen-bond acceptors (Lipinski definition) is 5. The molecular weight excluding hydrogens is 423 g/mol. The summed E-state index contributed by atoms with van der Waals surface area (Å²) in [6, 6.07) is 15.8. The Kier molecular flexibility index (Phi) is 5.50. The molecule has 1 saturated carbocycles. The number of hydrogen-bond donors (Lipinski definition) is 1. The van der Waals surface area contributed by atoms with Gasteiger partial charge >= 0.3 is 6.09 Å². The van der Waals surface area contributed by atoms with Crippen LogP contribution in [0.5, 0.6) is 0 Å². The number of benzene rings is 2. The maximum Gasteiger partial charge on any atom is 0.415 e. The van der Waals surface area contributed by atoms with Gasteiger partial charge in [-0.25, -0.2) is 14.2 Å². The average molecular weight is 446 g/mol. The molecule has 5 rings (SSSR count). The Bertz CT molecular complexity index is 1160. The van der Waals surface area contributed by atoms with Crippen LogP contribution < -0.4 is 10.2 Å². The summed E-state index contributed by atoms with van der Waals surface area (Å²) in [7, 11) is 0. The van der Waals surface area contributed by atoms with Gasteiger partial charge in [0.15, 0.2) is 5.82 Å². The number of amides is 2. The second-order valence-electron chi connectivity index (χ2n) is 8.50. The van der Waals surface area contributed by atoms with Crippen molar-refractivity contribution in [1.82, 2.24) is 9.97 Å². The molecule has 1 N–H and O–H groups in total. The van der Waals surface area contributed by atoms with Crippen LogP contribution in [0.1, 0.15) is 25.7 Å². The van der Waals surface area contributed by atoms with Crippen molar-refractivity contribution >= 4 is 23.5 Å². The van der Waals surface area contributed by atoms with Crippen LogP contribution in [0, 0.1) is 11.7 Å². The predicted octanol–water partition coefficient (Wildman–Crippen LogP) is 4.81. The van der Waals surface area contributed by atoms with Crippen molar-refractivity contribution in [1.29, 1.82) is 0 Å². The predicted molar refractivity (Wildman–Crippen MR) is 121 cm³/mol. The van der Waals surface area contributed by atoms with E-state index < -0.39 is 5.60 Å². The molecule has 7 nitrogen and oxygen atoms in total. The number of para-hydroxylation sites is 1. The largest absolute Gasteiger partial charge is 0.441 e. The van der Waals surface area contributed by atoms with Crippen molar-refractivity contribution in [3.63, 3.8) is 0 Å². The molecule has 2 amide bonds. The monoisotopic (exact) mass is 446 g/mol. The topological polar surface area (TPSA) is 84.4 Å². The Morgan fingerprint density at radius 2 is 1.76 bits per heavy atom. The molecule has 2 aliphatic rings. The Hall–Kier alpha value is -3.81. The fourth-order valence-electron chi connectivity index (χ4n) is 4.53. The van der Waals surface area contributed by atoms with Crippen molar-refractivity contribution in [3.05, 3.63) is 72.8 Å². The fraction of sp³-hybridized carbons (Fsp3) is 0.280. The van der Waals surface area contributed by atoms with Crippen molar-refractivity contribution in [2.24, 2.45) is 5.92 Å². The standard InChI is InChI=1S/C25H23FN4O3/c26-20-9-5-4-8-19(20)21-14-28-22(15-27-21)29-23(31)17-10-12-25(13-11-17)16-30(24(32)33-25)18-6-2-1-3-7-18/h1-9,14-15,17H,10-13,16H2,(H,28,29,31). The normalized spacial score (nSPS) is 22.3. The third-order valence-corrected chi connectivity index (χ3v) is 6.36.